The summed E-state index contributed by atoms with van der Waals surface area (Å²) in [5.41, 5.74) is 1.74. The topological polar surface area (TPSA) is 58.9 Å². The number of aliphatic hydroxyl groups is 1. The van der Waals surface area contributed by atoms with Gasteiger partial charge < -0.3 is 5.11 Å². The summed E-state index contributed by atoms with van der Waals surface area (Å²) >= 11 is 1.41. The quantitative estimate of drug-likeness (QED) is 0.698. The molecule has 0 saturated heterocycles. The number of hydrogen-bond acceptors (Lipinski definition) is 5. The molecule has 0 aliphatic heterocycles. The molecule has 0 radical (unpaired) electrons. The Bertz CT molecular complexity index is 267. The minimum Gasteiger partial charge on any atom is -0.396 e. The van der Waals surface area contributed by atoms with Crippen LogP contribution in [-0.4, -0.2) is 32.6 Å². The maximum atomic E-state index is 8.55. The van der Waals surface area contributed by atoms with E-state index in [1.165, 1.54) is 11.8 Å². The molecule has 0 bridgehead atoms. The SMILES string of the molecule is Cc1nnc(SCCO)nc1C. The molecule has 0 aliphatic carbocycles. The fourth-order valence-corrected chi connectivity index (χ4v) is 1.21. The van der Waals surface area contributed by atoms with E-state index in [4.69, 9.17) is 5.11 Å². The monoisotopic (exact) mass is 185 g/mol. The molecule has 1 aromatic heterocycles. The van der Waals surface area contributed by atoms with Crippen LogP contribution in [0.25, 0.3) is 0 Å². The van der Waals surface area contributed by atoms with Gasteiger partial charge in [0.25, 0.3) is 0 Å². The van der Waals surface area contributed by atoms with E-state index < -0.39 is 0 Å². The van der Waals surface area contributed by atoms with Gasteiger partial charge in [0.15, 0.2) is 0 Å². The van der Waals surface area contributed by atoms with Crippen molar-refractivity contribution < 1.29 is 5.11 Å². The van der Waals surface area contributed by atoms with Crippen molar-refractivity contribution >= 4 is 11.8 Å². The van der Waals surface area contributed by atoms with Crippen LogP contribution in [0.15, 0.2) is 5.16 Å². The normalized spacial score (nSPS) is 10.2. The van der Waals surface area contributed by atoms with Gasteiger partial charge in [0.1, 0.15) is 0 Å². The minimum absolute atomic E-state index is 0.140. The summed E-state index contributed by atoms with van der Waals surface area (Å²) in [6, 6.07) is 0. The van der Waals surface area contributed by atoms with Crippen molar-refractivity contribution in [3.05, 3.63) is 11.4 Å². The molecule has 66 valence electrons. The minimum atomic E-state index is 0.140. The Morgan fingerprint density at radius 3 is 2.58 bits per heavy atom. The molecule has 0 aromatic carbocycles. The van der Waals surface area contributed by atoms with E-state index in [1.54, 1.807) is 0 Å². The van der Waals surface area contributed by atoms with Gasteiger partial charge in [-0.05, 0) is 13.8 Å². The lowest BCUT2D eigenvalue weighted by atomic mass is 10.4. The molecule has 5 heteroatoms. The van der Waals surface area contributed by atoms with Crippen LogP contribution in [0.2, 0.25) is 0 Å². The van der Waals surface area contributed by atoms with Gasteiger partial charge >= 0.3 is 0 Å². The van der Waals surface area contributed by atoms with E-state index in [9.17, 15) is 0 Å². The highest BCUT2D eigenvalue weighted by molar-refractivity contribution is 7.99. The van der Waals surface area contributed by atoms with Crippen LogP contribution in [0.5, 0.6) is 0 Å². The zero-order chi connectivity index (χ0) is 8.97. The maximum absolute atomic E-state index is 8.55. The zero-order valence-corrected chi connectivity index (χ0v) is 7.93. The van der Waals surface area contributed by atoms with Crippen LogP contribution in [0.1, 0.15) is 11.4 Å². The number of thioether (sulfide) groups is 1. The zero-order valence-electron chi connectivity index (χ0n) is 7.11. The standard InChI is InChI=1S/C7H11N3OS/c1-5-6(2)9-10-7(8-5)12-4-3-11/h11H,3-4H2,1-2H3. The van der Waals surface area contributed by atoms with Crippen LogP contribution in [0.3, 0.4) is 0 Å². The molecule has 1 rings (SSSR count). The number of nitrogens with zero attached hydrogens (tertiary/aromatic N) is 3. The molecule has 0 unspecified atom stereocenters. The van der Waals surface area contributed by atoms with Gasteiger partial charge in [0.2, 0.25) is 5.16 Å². The fourth-order valence-electron chi connectivity index (χ4n) is 0.635. The molecule has 1 N–H and O–H groups in total. The highest BCUT2D eigenvalue weighted by Crippen LogP contribution is 2.11. The Morgan fingerprint density at radius 2 is 2.00 bits per heavy atom. The van der Waals surface area contributed by atoms with Gasteiger partial charge in [0.05, 0.1) is 18.0 Å². The van der Waals surface area contributed by atoms with Crippen molar-refractivity contribution in [2.75, 3.05) is 12.4 Å². The molecule has 0 saturated carbocycles. The Hall–Kier alpha value is -0.680. The molecular formula is C7H11N3OS. The summed E-state index contributed by atoms with van der Waals surface area (Å²) in [4.78, 5) is 4.19. The summed E-state index contributed by atoms with van der Waals surface area (Å²) in [5.74, 6) is 0.615. The highest BCUT2D eigenvalue weighted by atomic mass is 32.2. The van der Waals surface area contributed by atoms with Crippen LogP contribution in [0, 0.1) is 13.8 Å². The first kappa shape index (κ1) is 9.41. The number of rotatable bonds is 3. The summed E-state index contributed by atoms with van der Waals surface area (Å²) in [6.07, 6.45) is 0. The summed E-state index contributed by atoms with van der Waals surface area (Å²) in [6.45, 7) is 3.91. The first-order valence-electron chi connectivity index (χ1n) is 3.65. The lowest BCUT2D eigenvalue weighted by Gasteiger charge is -1.99. The maximum Gasteiger partial charge on any atom is 0.209 e. The summed E-state index contributed by atoms with van der Waals surface area (Å²) < 4.78 is 0. The Kier molecular flexibility index (Phi) is 3.43. The smallest absolute Gasteiger partial charge is 0.209 e. The Balaban J connectivity index is 2.69. The average molecular weight is 185 g/mol. The van der Waals surface area contributed by atoms with Crippen molar-refractivity contribution in [1.29, 1.82) is 0 Å². The molecule has 0 atom stereocenters. The molecule has 1 aromatic rings. The van der Waals surface area contributed by atoms with Crippen molar-refractivity contribution in [1.82, 2.24) is 15.2 Å². The van der Waals surface area contributed by atoms with Crippen LogP contribution in [0.4, 0.5) is 0 Å². The third-order valence-corrected chi connectivity index (χ3v) is 2.21. The molecule has 4 nitrogen and oxygen atoms in total. The third-order valence-electron chi connectivity index (χ3n) is 1.39. The van der Waals surface area contributed by atoms with Crippen molar-refractivity contribution in [2.24, 2.45) is 0 Å². The second-order valence-electron chi connectivity index (χ2n) is 2.34. The lowest BCUT2D eigenvalue weighted by molar-refractivity contribution is 0.322. The van der Waals surface area contributed by atoms with Gasteiger partial charge in [-0.15, -0.1) is 5.10 Å². The largest absolute Gasteiger partial charge is 0.396 e. The van der Waals surface area contributed by atoms with E-state index >= 15 is 0 Å². The first-order valence-corrected chi connectivity index (χ1v) is 4.64. The van der Waals surface area contributed by atoms with Gasteiger partial charge in [-0.25, -0.2) is 4.98 Å². The van der Waals surface area contributed by atoms with E-state index in [0.717, 1.165) is 11.4 Å². The molecule has 0 fully saturated rings. The number of aryl methyl sites for hydroxylation is 2. The summed E-state index contributed by atoms with van der Waals surface area (Å²) in [7, 11) is 0. The lowest BCUT2D eigenvalue weighted by Crippen LogP contribution is -1.98. The van der Waals surface area contributed by atoms with Crippen molar-refractivity contribution in [2.45, 2.75) is 19.0 Å². The third kappa shape index (κ3) is 2.42. The number of hydrogen-bond donors (Lipinski definition) is 1. The Labute approximate surface area is 75.4 Å². The predicted molar refractivity (Wildman–Crippen MR) is 47.1 cm³/mol. The predicted octanol–water partition coefficient (Wildman–Crippen LogP) is 0.573. The van der Waals surface area contributed by atoms with Gasteiger partial charge in [-0.1, -0.05) is 11.8 Å². The van der Waals surface area contributed by atoms with Crippen LogP contribution in [-0.2, 0) is 0 Å². The number of aliphatic hydroxyl groups excluding tert-OH is 1. The van der Waals surface area contributed by atoms with Crippen molar-refractivity contribution in [3.8, 4) is 0 Å². The van der Waals surface area contributed by atoms with Crippen LogP contribution < -0.4 is 0 Å². The molecular weight excluding hydrogens is 174 g/mol. The molecule has 1 heterocycles. The van der Waals surface area contributed by atoms with E-state index in [1.807, 2.05) is 13.8 Å². The van der Waals surface area contributed by atoms with Gasteiger partial charge in [0, 0.05) is 5.75 Å². The first-order chi connectivity index (χ1) is 5.74. The average Bonchev–Trinajstić information content (AvgIpc) is 2.07. The second-order valence-corrected chi connectivity index (χ2v) is 3.40. The summed E-state index contributed by atoms with van der Waals surface area (Å²) in [5, 5.41) is 17.0. The fraction of sp³-hybridized carbons (Fsp3) is 0.571. The highest BCUT2D eigenvalue weighted by Gasteiger charge is 2.00. The molecule has 12 heavy (non-hydrogen) atoms. The molecule has 0 spiro atoms. The van der Waals surface area contributed by atoms with E-state index in [-0.39, 0.29) is 6.61 Å². The molecule has 0 amide bonds. The van der Waals surface area contributed by atoms with E-state index in [2.05, 4.69) is 15.2 Å². The van der Waals surface area contributed by atoms with E-state index in [0.29, 0.717) is 10.9 Å². The van der Waals surface area contributed by atoms with Crippen LogP contribution >= 0.6 is 11.8 Å². The number of aromatic nitrogens is 3. The van der Waals surface area contributed by atoms with Gasteiger partial charge in [-0.3, -0.25) is 0 Å². The molecule has 0 aliphatic rings. The van der Waals surface area contributed by atoms with Crippen molar-refractivity contribution in [3.63, 3.8) is 0 Å². The second kappa shape index (κ2) is 4.37. The Morgan fingerprint density at radius 1 is 1.25 bits per heavy atom. The van der Waals surface area contributed by atoms with Gasteiger partial charge in [-0.2, -0.15) is 5.10 Å².